The highest BCUT2D eigenvalue weighted by atomic mass is 32.2. The normalized spacial score (nSPS) is 14.0. The molecule has 0 spiro atoms. The highest BCUT2D eigenvalue weighted by Gasteiger charge is 2.21. The first-order chi connectivity index (χ1) is 8.79. The van der Waals surface area contributed by atoms with Gasteiger partial charge in [-0.2, -0.15) is 0 Å². The minimum atomic E-state index is -2.96. The van der Waals surface area contributed by atoms with Gasteiger partial charge in [0.2, 0.25) is 5.89 Å². The molecule has 0 fully saturated rings. The van der Waals surface area contributed by atoms with Crippen molar-refractivity contribution in [2.75, 3.05) is 18.1 Å². The Balaban J connectivity index is 2.72. The predicted molar refractivity (Wildman–Crippen MR) is 75.9 cm³/mol. The quantitative estimate of drug-likeness (QED) is 0.767. The van der Waals surface area contributed by atoms with E-state index in [9.17, 15) is 8.42 Å². The fourth-order valence-electron chi connectivity index (χ4n) is 1.95. The lowest BCUT2D eigenvalue weighted by Crippen LogP contribution is -2.38. The number of oxazole rings is 1. The number of aromatic nitrogens is 1. The zero-order valence-electron chi connectivity index (χ0n) is 12.4. The minimum Gasteiger partial charge on any atom is -0.444 e. The van der Waals surface area contributed by atoms with Crippen LogP contribution in [0.15, 0.2) is 4.42 Å². The van der Waals surface area contributed by atoms with E-state index in [0.29, 0.717) is 12.4 Å². The molecule has 1 atom stereocenters. The summed E-state index contributed by atoms with van der Waals surface area (Å²) in [6.45, 7) is 10.7. The summed E-state index contributed by atoms with van der Waals surface area (Å²) >= 11 is 0. The van der Waals surface area contributed by atoms with Gasteiger partial charge in [-0.25, -0.2) is 13.4 Å². The van der Waals surface area contributed by atoms with Gasteiger partial charge in [0.25, 0.3) is 0 Å². The summed E-state index contributed by atoms with van der Waals surface area (Å²) in [6.07, 6.45) is 0. The number of nitrogens with zero attached hydrogens (tertiary/aromatic N) is 2. The molecule has 6 heteroatoms. The number of sulfone groups is 1. The average molecular weight is 288 g/mol. The van der Waals surface area contributed by atoms with Crippen LogP contribution in [-0.2, 0) is 16.4 Å². The summed E-state index contributed by atoms with van der Waals surface area (Å²) in [5.41, 5.74) is 0.889. The summed E-state index contributed by atoms with van der Waals surface area (Å²) < 4.78 is 28.9. The molecule has 0 saturated heterocycles. The van der Waals surface area contributed by atoms with Crippen molar-refractivity contribution in [1.82, 2.24) is 9.88 Å². The van der Waals surface area contributed by atoms with Gasteiger partial charge >= 0.3 is 0 Å². The van der Waals surface area contributed by atoms with Crippen molar-refractivity contribution in [3.8, 4) is 0 Å². The Bertz CT molecular complexity index is 488. The Morgan fingerprint density at radius 2 is 1.95 bits per heavy atom. The molecule has 0 aromatic carbocycles. The largest absolute Gasteiger partial charge is 0.444 e. The van der Waals surface area contributed by atoms with E-state index in [1.165, 1.54) is 0 Å². The first-order valence-electron chi connectivity index (χ1n) is 6.66. The lowest BCUT2D eigenvalue weighted by atomic mass is 10.3. The molecule has 1 rings (SSSR count). The Labute approximate surface area is 115 Å². The van der Waals surface area contributed by atoms with Crippen molar-refractivity contribution in [2.45, 2.75) is 47.2 Å². The molecule has 1 aromatic heterocycles. The van der Waals surface area contributed by atoms with E-state index in [4.69, 9.17) is 4.42 Å². The SMILES string of the molecule is CCN(Cc1nc(C)c(C)o1)C(C)CS(=O)(=O)CC. The fourth-order valence-corrected chi connectivity index (χ4v) is 3.13. The summed E-state index contributed by atoms with van der Waals surface area (Å²) in [4.78, 5) is 6.41. The number of aryl methyl sites for hydroxylation is 2. The van der Waals surface area contributed by atoms with Gasteiger partial charge in [0.15, 0.2) is 9.84 Å². The van der Waals surface area contributed by atoms with E-state index in [0.717, 1.165) is 18.0 Å². The third-order valence-corrected chi connectivity index (χ3v) is 5.25. The average Bonchev–Trinajstić information content (AvgIpc) is 2.65. The van der Waals surface area contributed by atoms with Crippen LogP contribution in [0.4, 0.5) is 0 Å². The van der Waals surface area contributed by atoms with Crippen LogP contribution in [-0.4, -0.2) is 42.4 Å². The van der Waals surface area contributed by atoms with E-state index >= 15 is 0 Å². The Hall–Kier alpha value is -0.880. The molecule has 0 aliphatic carbocycles. The second-order valence-corrected chi connectivity index (χ2v) is 7.26. The van der Waals surface area contributed by atoms with Gasteiger partial charge in [-0.1, -0.05) is 13.8 Å². The molecule has 5 nitrogen and oxygen atoms in total. The van der Waals surface area contributed by atoms with E-state index in [2.05, 4.69) is 9.88 Å². The van der Waals surface area contributed by atoms with E-state index < -0.39 is 9.84 Å². The van der Waals surface area contributed by atoms with Gasteiger partial charge in [0.1, 0.15) is 5.76 Å². The summed E-state index contributed by atoms with van der Waals surface area (Å²) in [7, 11) is -2.96. The number of rotatable bonds is 7. The molecule has 1 aromatic rings. The van der Waals surface area contributed by atoms with Gasteiger partial charge in [-0.3, -0.25) is 4.90 Å². The van der Waals surface area contributed by atoms with E-state index in [-0.39, 0.29) is 17.5 Å². The third-order valence-electron chi connectivity index (χ3n) is 3.38. The second-order valence-electron chi connectivity index (χ2n) is 4.86. The van der Waals surface area contributed by atoms with E-state index in [1.807, 2.05) is 27.7 Å². The van der Waals surface area contributed by atoms with Crippen LogP contribution in [0.25, 0.3) is 0 Å². The third kappa shape index (κ3) is 4.62. The fraction of sp³-hybridized carbons (Fsp3) is 0.769. The Kier molecular flexibility index (Phi) is 5.55. The molecule has 0 aliphatic heterocycles. The van der Waals surface area contributed by atoms with Gasteiger partial charge < -0.3 is 4.42 Å². The Morgan fingerprint density at radius 1 is 1.32 bits per heavy atom. The first kappa shape index (κ1) is 16.2. The maximum absolute atomic E-state index is 11.7. The molecule has 1 unspecified atom stereocenters. The van der Waals surface area contributed by atoms with Crippen molar-refractivity contribution in [3.05, 3.63) is 17.3 Å². The topological polar surface area (TPSA) is 63.4 Å². The van der Waals surface area contributed by atoms with Crippen molar-refractivity contribution in [1.29, 1.82) is 0 Å². The lowest BCUT2D eigenvalue weighted by Gasteiger charge is -2.26. The summed E-state index contributed by atoms with van der Waals surface area (Å²) in [6, 6.07) is -0.0394. The molecule has 0 amide bonds. The molecule has 0 radical (unpaired) electrons. The highest BCUT2D eigenvalue weighted by Crippen LogP contribution is 2.13. The molecule has 0 bridgehead atoms. The van der Waals surface area contributed by atoms with Crippen LogP contribution in [0.3, 0.4) is 0 Å². The second kappa shape index (κ2) is 6.52. The van der Waals surface area contributed by atoms with Crippen LogP contribution in [0.1, 0.15) is 38.1 Å². The van der Waals surface area contributed by atoms with Crippen LogP contribution in [0, 0.1) is 13.8 Å². The monoisotopic (exact) mass is 288 g/mol. The standard InChI is InChI=1S/C13H24N2O3S/c1-6-15(10(3)9-19(16,17)7-2)8-13-14-11(4)12(5)18-13/h10H,6-9H2,1-5H3. The van der Waals surface area contributed by atoms with Gasteiger partial charge in [0, 0.05) is 11.8 Å². The van der Waals surface area contributed by atoms with Crippen LogP contribution >= 0.6 is 0 Å². The zero-order valence-corrected chi connectivity index (χ0v) is 13.2. The molecular formula is C13H24N2O3S. The minimum absolute atomic E-state index is 0.0394. The molecule has 110 valence electrons. The molecule has 19 heavy (non-hydrogen) atoms. The van der Waals surface area contributed by atoms with Gasteiger partial charge in [-0.05, 0) is 27.3 Å². The van der Waals surface area contributed by atoms with Gasteiger partial charge in [0.05, 0.1) is 18.0 Å². The predicted octanol–water partition coefficient (Wildman–Crippen LogP) is 1.94. The van der Waals surface area contributed by atoms with E-state index in [1.54, 1.807) is 6.92 Å². The molecule has 0 saturated carbocycles. The van der Waals surface area contributed by atoms with Gasteiger partial charge in [-0.15, -0.1) is 0 Å². The number of hydrogen-bond acceptors (Lipinski definition) is 5. The van der Waals surface area contributed by atoms with Crippen molar-refractivity contribution in [2.24, 2.45) is 0 Å². The maximum Gasteiger partial charge on any atom is 0.208 e. The first-order valence-corrected chi connectivity index (χ1v) is 8.48. The number of hydrogen-bond donors (Lipinski definition) is 0. The van der Waals surface area contributed by atoms with Crippen LogP contribution in [0.2, 0.25) is 0 Å². The Morgan fingerprint density at radius 3 is 2.37 bits per heavy atom. The smallest absolute Gasteiger partial charge is 0.208 e. The maximum atomic E-state index is 11.7. The summed E-state index contributed by atoms with van der Waals surface area (Å²) in [5, 5.41) is 0. The van der Waals surface area contributed by atoms with Crippen molar-refractivity contribution < 1.29 is 12.8 Å². The summed E-state index contributed by atoms with van der Waals surface area (Å²) in [5.74, 6) is 1.83. The lowest BCUT2D eigenvalue weighted by molar-refractivity contribution is 0.203. The highest BCUT2D eigenvalue weighted by molar-refractivity contribution is 7.91. The van der Waals surface area contributed by atoms with Crippen LogP contribution < -0.4 is 0 Å². The van der Waals surface area contributed by atoms with Crippen LogP contribution in [0.5, 0.6) is 0 Å². The molecular weight excluding hydrogens is 264 g/mol. The molecule has 1 heterocycles. The van der Waals surface area contributed by atoms with Crippen molar-refractivity contribution >= 4 is 9.84 Å². The molecule has 0 N–H and O–H groups in total. The zero-order chi connectivity index (χ0) is 14.6. The van der Waals surface area contributed by atoms with Crippen molar-refractivity contribution in [3.63, 3.8) is 0 Å². The molecule has 0 aliphatic rings.